The van der Waals surface area contributed by atoms with Crippen molar-refractivity contribution in [1.29, 1.82) is 0 Å². The molecule has 2 aromatic heterocycles. The first-order valence-electron chi connectivity index (χ1n) is 9.46. The van der Waals surface area contributed by atoms with Gasteiger partial charge in [0.15, 0.2) is 11.4 Å². The number of aliphatic hydroxyl groups excluding tert-OH is 1. The highest BCUT2D eigenvalue weighted by Gasteiger charge is 2.13. The zero-order valence-electron chi connectivity index (χ0n) is 16.1. The maximum Gasteiger partial charge on any atom is 0.302 e. The van der Waals surface area contributed by atoms with Gasteiger partial charge < -0.3 is 18.8 Å². The molecular formula is C21H22N4O4. The number of benzene rings is 2. The zero-order valence-corrected chi connectivity index (χ0v) is 16.1. The molecule has 0 saturated heterocycles. The molecule has 8 heteroatoms. The number of imidazole rings is 1. The van der Waals surface area contributed by atoms with Crippen LogP contribution in [0.3, 0.4) is 0 Å². The van der Waals surface area contributed by atoms with Gasteiger partial charge in [-0.05, 0) is 36.8 Å². The lowest BCUT2D eigenvalue weighted by Gasteiger charge is -2.02. The molecule has 0 atom stereocenters. The number of hydrogen-bond acceptors (Lipinski definition) is 7. The van der Waals surface area contributed by atoms with E-state index in [1.54, 1.807) is 18.2 Å². The van der Waals surface area contributed by atoms with Crippen molar-refractivity contribution in [2.45, 2.75) is 12.8 Å². The fourth-order valence-corrected chi connectivity index (χ4v) is 3.15. The lowest BCUT2D eigenvalue weighted by atomic mass is 10.1. The molecule has 0 fully saturated rings. The van der Waals surface area contributed by atoms with Gasteiger partial charge in [-0.1, -0.05) is 12.1 Å². The predicted octanol–water partition coefficient (Wildman–Crippen LogP) is 3.43. The number of aryl methyl sites for hydroxylation is 1. The molecule has 0 saturated carbocycles. The van der Waals surface area contributed by atoms with Crippen molar-refractivity contribution in [3.05, 3.63) is 48.0 Å². The third-order valence-electron chi connectivity index (χ3n) is 4.64. The number of aromatic nitrogens is 3. The molecule has 4 rings (SSSR count). The SMILES string of the molecule is Cn1c(Nc2nc3cc(C(=O)CCCOCCO)ccc3o2)nc2ccccc21. The summed E-state index contributed by atoms with van der Waals surface area (Å²) in [7, 11) is 1.92. The van der Waals surface area contributed by atoms with Crippen molar-refractivity contribution < 1.29 is 19.1 Å². The van der Waals surface area contributed by atoms with Gasteiger partial charge in [0.25, 0.3) is 0 Å². The average Bonchev–Trinajstić information content (AvgIpc) is 3.28. The monoisotopic (exact) mass is 394 g/mol. The maximum absolute atomic E-state index is 12.4. The molecule has 4 aromatic rings. The van der Waals surface area contributed by atoms with Gasteiger partial charge in [0.2, 0.25) is 5.95 Å². The first-order valence-corrected chi connectivity index (χ1v) is 9.46. The summed E-state index contributed by atoms with van der Waals surface area (Å²) in [6, 6.07) is 13.4. The predicted molar refractivity (Wildman–Crippen MR) is 109 cm³/mol. The van der Waals surface area contributed by atoms with Crippen LogP contribution in [0.1, 0.15) is 23.2 Å². The van der Waals surface area contributed by atoms with Gasteiger partial charge in [-0.15, -0.1) is 0 Å². The summed E-state index contributed by atoms with van der Waals surface area (Å²) in [4.78, 5) is 21.4. The molecule has 0 unspecified atom stereocenters. The number of oxazole rings is 1. The third kappa shape index (κ3) is 4.13. The number of nitrogens with zero attached hydrogens (tertiary/aromatic N) is 3. The van der Waals surface area contributed by atoms with Crippen LogP contribution in [0.5, 0.6) is 0 Å². The van der Waals surface area contributed by atoms with E-state index in [2.05, 4.69) is 15.3 Å². The van der Waals surface area contributed by atoms with E-state index in [1.807, 2.05) is 35.9 Å². The Morgan fingerprint density at radius 1 is 1.17 bits per heavy atom. The molecule has 0 amide bonds. The summed E-state index contributed by atoms with van der Waals surface area (Å²) < 4.78 is 12.9. The van der Waals surface area contributed by atoms with Gasteiger partial charge in [-0.25, -0.2) is 4.98 Å². The van der Waals surface area contributed by atoms with Gasteiger partial charge >= 0.3 is 6.01 Å². The Balaban J connectivity index is 1.48. The normalized spacial score (nSPS) is 11.4. The van der Waals surface area contributed by atoms with Crippen LogP contribution in [-0.4, -0.2) is 45.2 Å². The second kappa shape index (κ2) is 8.42. The van der Waals surface area contributed by atoms with E-state index < -0.39 is 0 Å². The number of para-hydroxylation sites is 2. The molecule has 0 spiro atoms. The Labute approximate surface area is 167 Å². The second-order valence-corrected chi connectivity index (χ2v) is 6.67. The molecule has 29 heavy (non-hydrogen) atoms. The first-order chi connectivity index (χ1) is 14.2. The van der Waals surface area contributed by atoms with Crippen LogP contribution < -0.4 is 5.32 Å². The number of rotatable bonds is 9. The van der Waals surface area contributed by atoms with Crippen molar-refractivity contribution in [3.8, 4) is 0 Å². The van der Waals surface area contributed by atoms with E-state index >= 15 is 0 Å². The standard InChI is InChI=1S/C21H22N4O4/c1-25-17-6-3-2-5-15(17)22-20(25)24-21-23-16-13-14(8-9-19(16)29-21)18(27)7-4-11-28-12-10-26/h2-3,5-6,8-9,13,26H,4,7,10-12H2,1H3,(H,22,23,24). The number of anilines is 2. The number of hydrogen-bond donors (Lipinski definition) is 2. The van der Waals surface area contributed by atoms with Crippen molar-refractivity contribution in [3.63, 3.8) is 0 Å². The van der Waals surface area contributed by atoms with E-state index in [-0.39, 0.29) is 12.4 Å². The fraction of sp³-hybridized carbons (Fsp3) is 0.286. The molecule has 0 aliphatic carbocycles. The van der Waals surface area contributed by atoms with E-state index in [0.717, 1.165) is 11.0 Å². The largest absolute Gasteiger partial charge is 0.423 e. The molecule has 8 nitrogen and oxygen atoms in total. The van der Waals surface area contributed by atoms with Crippen molar-refractivity contribution in [2.75, 3.05) is 25.1 Å². The Morgan fingerprint density at radius 3 is 2.86 bits per heavy atom. The highest BCUT2D eigenvalue weighted by Crippen LogP contribution is 2.25. The van der Waals surface area contributed by atoms with E-state index in [1.165, 1.54) is 0 Å². The lowest BCUT2D eigenvalue weighted by molar-refractivity contribution is 0.0832. The first kappa shape index (κ1) is 19.1. The van der Waals surface area contributed by atoms with Gasteiger partial charge in [-0.3, -0.25) is 10.1 Å². The van der Waals surface area contributed by atoms with Crippen LogP contribution in [0, 0.1) is 0 Å². The number of aliphatic hydroxyl groups is 1. The number of Topliss-reactive ketones (excluding diaryl/α,β-unsaturated/α-hetero) is 1. The minimum Gasteiger partial charge on any atom is -0.423 e. The molecule has 0 aliphatic rings. The van der Waals surface area contributed by atoms with Gasteiger partial charge in [0.1, 0.15) is 5.52 Å². The van der Waals surface area contributed by atoms with E-state index in [9.17, 15) is 4.79 Å². The molecule has 2 aromatic carbocycles. The van der Waals surface area contributed by atoms with E-state index in [4.69, 9.17) is 14.3 Å². The van der Waals surface area contributed by atoms with Gasteiger partial charge in [0, 0.05) is 25.6 Å². The summed E-state index contributed by atoms with van der Waals surface area (Å²) in [5.41, 5.74) is 3.66. The highest BCUT2D eigenvalue weighted by atomic mass is 16.5. The number of ether oxygens (including phenoxy) is 1. The smallest absolute Gasteiger partial charge is 0.302 e. The number of fused-ring (bicyclic) bond motifs is 2. The Morgan fingerprint density at radius 2 is 2.03 bits per heavy atom. The van der Waals surface area contributed by atoms with Crippen LogP contribution in [0.2, 0.25) is 0 Å². The van der Waals surface area contributed by atoms with Crippen LogP contribution in [0.25, 0.3) is 22.1 Å². The van der Waals surface area contributed by atoms with Gasteiger partial charge in [-0.2, -0.15) is 4.98 Å². The number of carbonyl (C=O) groups excluding carboxylic acids is 1. The van der Waals surface area contributed by atoms with Crippen LogP contribution >= 0.6 is 0 Å². The van der Waals surface area contributed by atoms with Crippen LogP contribution in [0.4, 0.5) is 12.0 Å². The quantitative estimate of drug-likeness (QED) is 0.331. The van der Waals surface area contributed by atoms with Crippen molar-refractivity contribution in [2.24, 2.45) is 7.05 Å². The molecule has 0 aliphatic heterocycles. The van der Waals surface area contributed by atoms with Crippen LogP contribution in [0.15, 0.2) is 46.9 Å². The Bertz CT molecular complexity index is 1150. The molecule has 0 bridgehead atoms. The lowest BCUT2D eigenvalue weighted by Crippen LogP contribution is -2.04. The Hall–Kier alpha value is -3.23. The molecule has 2 heterocycles. The summed E-state index contributed by atoms with van der Waals surface area (Å²) in [5, 5.41) is 11.8. The summed E-state index contributed by atoms with van der Waals surface area (Å²) >= 11 is 0. The van der Waals surface area contributed by atoms with Crippen LogP contribution in [-0.2, 0) is 11.8 Å². The zero-order chi connectivity index (χ0) is 20.2. The molecule has 2 N–H and O–H groups in total. The third-order valence-corrected chi connectivity index (χ3v) is 4.64. The average molecular weight is 394 g/mol. The van der Waals surface area contributed by atoms with Crippen molar-refractivity contribution >= 4 is 39.9 Å². The van der Waals surface area contributed by atoms with E-state index in [0.29, 0.717) is 54.7 Å². The van der Waals surface area contributed by atoms with Crippen molar-refractivity contribution in [1.82, 2.24) is 14.5 Å². The molecular weight excluding hydrogens is 372 g/mol. The molecule has 150 valence electrons. The summed E-state index contributed by atoms with van der Waals surface area (Å²) in [6.45, 7) is 0.729. The topological polar surface area (TPSA) is 102 Å². The molecule has 0 radical (unpaired) electrons. The number of ketones is 1. The fourth-order valence-electron chi connectivity index (χ4n) is 3.15. The number of nitrogens with one attached hydrogen (secondary N) is 1. The number of carbonyl (C=O) groups is 1. The summed E-state index contributed by atoms with van der Waals surface area (Å²) in [5.74, 6) is 0.643. The van der Waals surface area contributed by atoms with Gasteiger partial charge in [0.05, 0.1) is 24.2 Å². The second-order valence-electron chi connectivity index (χ2n) is 6.67. The minimum absolute atomic E-state index is 0.0125. The minimum atomic E-state index is -0.0125. The maximum atomic E-state index is 12.4. The summed E-state index contributed by atoms with van der Waals surface area (Å²) in [6.07, 6.45) is 0.981. The Kier molecular flexibility index (Phi) is 5.55. The highest BCUT2D eigenvalue weighted by molar-refractivity contribution is 5.98.